The van der Waals surface area contributed by atoms with Gasteiger partial charge in [0, 0.05) is 0 Å². The van der Waals surface area contributed by atoms with Gasteiger partial charge in [0.1, 0.15) is 16.6 Å². The second kappa shape index (κ2) is 5.70. The number of carbonyl (C=O) groups excluding carboxylic acids is 1. The number of rotatable bonds is 2. The molecule has 1 fully saturated rings. The zero-order valence-corrected chi connectivity index (χ0v) is 14.2. The third kappa shape index (κ3) is 2.56. The van der Waals surface area contributed by atoms with Gasteiger partial charge in [-0.05, 0) is 29.8 Å². The average Bonchev–Trinajstić information content (AvgIpc) is 3.12. The number of hydrogen-bond acceptors (Lipinski definition) is 5. The third-order valence-corrected chi connectivity index (χ3v) is 6.15. The van der Waals surface area contributed by atoms with Gasteiger partial charge >= 0.3 is 0 Å². The molecule has 1 amide bonds. The highest BCUT2D eigenvalue weighted by molar-refractivity contribution is 8.00. The number of aromatic nitrogens is 1. The van der Waals surface area contributed by atoms with Crippen molar-refractivity contribution < 1.29 is 9.90 Å². The van der Waals surface area contributed by atoms with Gasteiger partial charge < -0.3 is 5.11 Å². The van der Waals surface area contributed by atoms with E-state index in [-0.39, 0.29) is 17.0 Å². The smallest absolute Gasteiger partial charge is 0.240 e. The van der Waals surface area contributed by atoms with E-state index in [4.69, 9.17) is 11.6 Å². The number of benzene rings is 2. The molecule has 1 saturated heterocycles. The standard InChI is InChI=1S/C16H11ClN2O2S2/c17-11-2-1-3-12-14(11)18-16(23-12)19-13(21)8-22-15(19)9-4-6-10(20)7-5-9/h1-7,15,20H,8H2. The van der Waals surface area contributed by atoms with Crippen LogP contribution in [0.3, 0.4) is 0 Å². The first-order valence-electron chi connectivity index (χ1n) is 6.91. The van der Waals surface area contributed by atoms with Gasteiger partial charge in [0.2, 0.25) is 5.91 Å². The molecule has 0 spiro atoms. The SMILES string of the molecule is O=C1CSC(c2ccc(O)cc2)N1c1nc2c(Cl)cccc2s1. The first kappa shape index (κ1) is 14.8. The number of carbonyl (C=O) groups is 1. The second-order valence-electron chi connectivity index (χ2n) is 5.10. The van der Waals surface area contributed by atoms with Gasteiger partial charge in [0.25, 0.3) is 0 Å². The molecule has 1 aromatic heterocycles. The van der Waals surface area contributed by atoms with E-state index in [2.05, 4.69) is 4.98 Å². The molecule has 0 aliphatic carbocycles. The minimum atomic E-state index is -0.137. The van der Waals surface area contributed by atoms with E-state index in [9.17, 15) is 9.90 Å². The Bertz CT molecular complexity index is 895. The van der Waals surface area contributed by atoms with E-state index in [1.807, 2.05) is 24.3 Å². The molecule has 0 radical (unpaired) electrons. The average molecular weight is 363 g/mol. The molecule has 3 aromatic rings. The van der Waals surface area contributed by atoms with Crippen LogP contribution in [0.2, 0.25) is 5.02 Å². The zero-order chi connectivity index (χ0) is 16.0. The molecular weight excluding hydrogens is 352 g/mol. The lowest BCUT2D eigenvalue weighted by Crippen LogP contribution is -2.27. The molecule has 4 nitrogen and oxygen atoms in total. The topological polar surface area (TPSA) is 53.4 Å². The van der Waals surface area contributed by atoms with Crippen molar-refractivity contribution in [1.82, 2.24) is 4.98 Å². The van der Waals surface area contributed by atoms with Crippen molar-refractivity contribution >= 4 is 56.0 Å². The van der Waals surface area contributed by atoms with Crippen LogP contribution in [0.1, 0.15) is 10.9 Å². The van der Waals surface area contributed by atoms with Crippen LogP contribution in [0.5, 0.6) is 5.75 Å². The van der Waals surface area contributed by atoms with Crippen molar-refractivity contribution in [2.24, 2.45) is 0 Å². The summed E-state index contributed by atoms with van der Waals surface area (Å²) in [4.78, 5) is 18.7. The number of hydrogen-bond donors (Lipinski definition) is 1. The van der Waals surface area contributed by atoms with Crippen molar-refractivity contribution in [2.45, 2.75) is 5.37 Å². The lowest BCUT2D eigenvalue weighted by atomic mass is 10.2. The maximum absolute atomic E-state index is 12.4. The number of halogens is 1. The van der Waals surface area contributed by atoms with Crippen molar-refractivity contribution in [3.63, 3.8) is 0 Å². The Balaban J connectivity index is 1.78. The zero-order valence-electron chi connectivity index (χ0n) is 11.8. The summed E-state index contributed by atoms with van der Waals surface area (Å²) in [5.74, 6) is 0.652. The Hall–Kier alpha value is -1.76. The summed E-state index contributed by atoms with van der Waals surface area (Å²) in [7, 11) is 0. The first-order chi connectivity index (χ1) is 11.1. The van der Waals surface area contributed by atoms with E-state index in [1.165, 1.54) is 11.3 Å². The Morgan fingerprint density at radius 2 is 2.00 bits per heavy atom. The Morgan fingerprint density at radius 1 is 1.22 bits per heavy atom. The number of phenolic OH excluding ortho intramolecular Hbond substituents is 1. The normalized spacial score (nSPS) is 18.0. The summed E-state index contributed by atoms with van der Waals surface area (Å²) < 4.78 is 0.960. The minimum absolute atomic E-state index is 0.0308. The van der Waals surface area contributed by atoms with Gasteiger partial charge in [-0.25, -0.2) is 4.98 Å². The summed E-state index contributed by atoms with van der Waals surface area (Å²) in [6, 6.07) is 12.6. The maximum Gasteiger partial charge on any atom is 0.240 e. The Kier molecular flexibility index (Phi) is 3.67. The Morgan fingerprint density at radius 3 is 2.74 bits per heavy atom. The summed E-state index contributed by atoms with van der Waals surface area (Å²) in [5.41, 5.74) is 1.69. The first-order valence-corrected chi connectivity index (χ1v) is 9.15. The van der Waals surface area contributed by atoms with Gasteiger partial charge in [0.05, 0.1) is 15.5 Å². The number of phenols is 1. The van der Waals surface area contributed by atoms with Crippen LogP contribution in [0.15, 0.2) is 42.5 Å². The van der Waals surface area contributed by atoms with E-state index >= 15 is 0 Å². The second-order valence-corrected chi connectivity index (χ2v) is 7.59. The quantitative estimate of drug-likeness (QED) is 0.732. The molecule has 1 aliphatic heterocycles. The molecular formula is C16H11ClN2O2S2. The highest BCUT2D eigenvalue weighted by Gasteiger charge is 2.36. The van der Waals surface area contributed by atoms with E-state index in [0.29, 0.717) is 15.9 Å². The molecule has 0 bridgehead atoms. The van der Waals surface area contributed by atoms with Crippen molar-refractivity contribution in [1.29, 1.82) is 0 Å². The summed E-state index contributed by atoms with van der Waals surface area (Å²) >= 11 is 9.21. The number of anilines is 1. The lowest BCUT2D eigenvalue weighted by Gasteiger charge is -2.21. The monoisotopic (exact) mass is 362 g/mol. The van der Waals surface area contributed by atoms with Crippen LogP contribution in [-0.2, 0) is 4.79 Å². The van der Waals surface area contributed by atoms with Crippen molar-refractivity contribution in [2.75, 3.05) is 10.7 Å². The van der Waals surface area contributed by atoms with Crippen LogP contribution in [0.4, 0.5) is 5.13 Å². The van der Waals surface area contributed by atoms with E-state index in [0.717, 1.165) is 15.8 Å². The van der Waals surface area contributed by atoms with Crippen LogP contribution in [0.25, 0.3) is 10.2 Å². The molecule has 0 saturated carbocycles. The molecule has 1 aliphatic rings. The molecule has 1 N–H and O–H groups in total. The summed E-state index contributed by atoms with van der Waals surface area (Å²) in [5, 5.41) is 10.6. The highest BCUT2D eigenvalue weighted by Crippen LogP contribution is 2.44. The van der Waals surface area contributed by atoms with Gasteiger partial charge in [-0.1, -0.05) is 41.1 Å². The summed E-state index contributed by atoms with van der Waals surface area (Å²) in [6.07, 6.45) is 0. The van der Waals surface area contributed by atoms with Crippen molar-refractivity contribution in [3.05, 3.63) is 53.1 Å². The molecule has 4 rings (SSSR count). The number of nitrogens with zero attached hydrogens (tertiary/aromatic N) is 2. The lowest BCUT2D eigenvalue weighted by molar-refractivity contribution is -0.115. The fourth-order valence-electron chi connectivity index (χ4n) is 2.52. The number of thiazole rings is 1. The molecule has 7 heteroatoms. The minimum Gasteiger partial charge on any atom is -0.508 e. The van der Waals surface area contributed by atoms with Crippen LogP contribution < -0.4 is 4.90 Å². The van der Waals surface area contributed by atoms with Gasteiger partial charge in [-0.15, -0.1) is 11.8 Å². The van der Waals surface area contributed by atoms with Gasteiger partial charge in [-0.2, -0.15) is 0 Å². The molecule has 1 unspecified atom stereocenters. The number of thioether (sulfide) groups is 1. The summed E-state index contributed by atoms with van der Waals surface area (Å²) in [6.45, 7) is 0. The number of aromatic hydroxyl groups is 1. The number of amides is 1. The predicted octanol–water partition coefficient (Wildman–Crippen LogP) is 4.43. The fraction of sp³-hybridized carbons (Fsp3) is 0.125. The molecule has 1 atom stereocenters. The highest BCUT2D eigenvalue weighted by atomic mass is 35.5. The van der Waals surface area contributed by atoms with Gasteiger partial charge in [0.15, 0.2) is 5.13 Å². The van der Waals surface area contributed by atoms with Gasteiger partial charge in [-0.3, -0.25) is 9.69 Å². The van der Waals surface area contributed by atoms with Crippen LogP contribution >= 0.6 is 34.7 Å². The third-order valence-electron chi connectivity index (χ3n) is 3.61. The number of fused-ring (bicyclic) bond motifs is 1. The molecule has 116 valence electrons. The number of para-hydroxylation sites is 1. The van der Waals surface area contributed by atoms with Crippen molar-refractivity contribution in [3.8, 4) is 5.75 Å². The largest absolute Gasteiger partial charge is 0.508 e. The molecule has 2 heterocycles. The molecule has 2 aromatic carbocycles. The Labute approximate surface area is 145 Å². The van der Waals surface area contributed by atoms with E-state index in [1.54, 1.807) is 34.9 Å². The fourth-order valence-corrected chi connectivity index (χ4v) is 5.06. The van der Waals surface area contributed by atoms with Crippen LogP contribution in [0, 0.1) is 0 Å². The predicted molar refractivity (Wildman–Crippen MR) is 95.4 cm³/mol. The molecule has 23 heavy (non-hydrogen) atoms. The van der Waals surface area contributed by atoms with Crippen LogP contribution in [-0.4, -0.2) is 21.8 Å². The maximum atomic E-state index is 12.4. The van der Waals surface area contributed by atoms with E-state index < -0.39 is 0 Å².